The molecule has 1 aromatic heterocycles. The van der Waals surface area contributed by atoms with Crippen molar-refractivity contribution in [3.63, 3.8) is 0 Å². The van der Waals surface area contributed by atoms with E-state index in [1.165, 1.54) is 12.8 Å². The number of hydrogen-bond acceptors (Lipinski definition) is 4. The molecule has 0 spiro atoms. The average molecular weight is 526 g/mol. The number of guanidine groups is 1. The van der Waals surface area contributed by atoms with E-state index in [1.807, 2.05) is 24.3 Å². The second-order valence-electron chi connectivity index (χ2n) is 6.27. The Labute approximate surface area is 182 Å². The molecule has 2 aromatic rings. The summed E-state index contributed by atoms with van der Waals surface area (Å²) in [5.41, 5.74) is 0.128. The normalized spacial score (nSPS) is 14.4. The molecule has 0 amide bonds. The lowest BCUT2D eigenvalue weighted by atomic mass is 10.2. The summed E-state index contributed by atoms with van der Waals surface area (Å²) in [6.45, 7) is 1.39. The molecular weight excluding hydrogens is 504 g/mol. The van der Waals surface area contributed by atoms with Crippen LogP contribution in [-0.2, 0) is 19.3 Å². The number of para-hydroxylation sites is 1. The van der Waals surface area contributed by atoms with Crippen molar-refractivity contribution in [2.75, 3.05) is 13.7 Å². The van der Waals surface area contributed by atoms with Gasteiger partial charge < -0.3 is 15.4 Å². The van der Waals surface area contributed by atoms with Crippen LogP contribution in [0.15, 0.2) is 34.6 Å². The summed E-state index contributed by atoms with van der Waals surface area (Å²) in [5.74, 6) is 1.98. The molecule has 2 N–H and O–H groups in total. The molecule has 0 radical (unpaired) electrons. The van der Waals surface area contributed by atoms with Crippen molar-refractivity contribution >= 4 is 41.3 Å². The number of benzene rings is 1. The van der Waals surface area contributed by atoms with E-state index in [1.54, 1.807) is 7.05 Å². The van der Waals surface area contributed by atoms with Crippen molar-refractivity contribution in [1.29, 1.82) is 0 Å². The Morgan fingerprint density at radius 3 is 2.61 bits per heavy atom. The molecule has 5 nitrogen and oxygen atoms in total. The van der Waals surface area contributed by atoms with Gasteiger partial charge in [0, 0.05) is 24.5 Å². The molecule has 10 heteroatoms. The molecule has 1 heterocycles. The lowest BCUT2D eigenvalue weighted by Crippen LogP contribution is -2.36. The second-order valence-corrected chi connectivity index (χ2v) is 7.21. The van der Waals surface area contributed by atoms with E-state index in [4.69, 9.17) is 4.74 Å². The van der Waals surface area contributed by atoms with E-state index < -0.39 is 11.9 Å². The second kappa shape index (κ2) is 10.3. The van der Waals surface area contributed by atoms with Crippen molar-refractivity contribution in [2.24, 2.45) is 10.9 Å². The number of thiazole rings is 1. The topological polar surface area (TPSA) is 58.5 Å². The highest BCUT2D eigenvalue weighted by Gasteiger charge is 2.33. The number of ether oxygens (including phenoxy) is 1. The van der Waals surface area contributed by atoms with Gasteiger partial charge in [-0.1, -0.05) is 18.2 Å². The van der Waals surface area contributed by atoms with Crippen LogP contribution in [0.1, 0.15) is 29.1 Å². The molecule has 28 heavy (non-hydrogen) atoms. The molecule has 1 aromatic carbocycles. The standard InChI is InChI=1S/C18H21F3N4OS.HI/c1-22-17(24-9-16-25-15(11-27-16)18(19,20)21)23-8-13-4-2-3-5-14(13)26-10-12-6-7-12;/h2-5,11-12H,6-10H2,1H3,(H2,22,23,24);1H. The van der Waals surface area contributed by atoms with Crippen molar-refractivity contribution in [2.45, 2.75) is 32.1 Å². The molecule has 0 bridgehead atoms. The summed E-state index contributed by atoms with van der Waals surface area (Å²) in [6.07, 6.45) is -1.97. The van der Waals surface area contributed by atoms with Crippen LogP contribution in [0.25, 0.3) is 0 Å². The van der Waals surface area contributed by atoms with Gasteiger partial charge in [-0.2, -0.15) is 13.2 Å². The molecule has 1 saturated carbocycles. The van der Waals surface area contributed by atoms with Gasteiger partial charge in [0.05, 0.1) is 13.2 Å². The van der Waals surface area contributed by atoms with Gasteiger partial charge in [0.1, 0.15) is 10.8 Å². The van der Waals surface area contributed by atoms with Crippen molar-refractivity contribution in [3.8, 4) is 5.75 Å². The third-order valence-electron chi connectivity index (χ3n) is 4.06. The van der Waals surface area contributed by atoms with E-state index in [-0.39, 0.29) is 30.5 Å². The van der Waals surface area contributed by atoms with Crippen LogP contribution in [0.2, 0.25) is 0 Å². The summed E-state index contributed by atoms with van der Waals surface area (Å²) in [5, 5.41) is 7.49. The Kier molecular flexibility index (Phi) is 8.35. The van der Waals surface area contributed by atoms with Gasteiger partial charge in [0.15, 0.2) is 11.7 Å². The fraction of sp³-hybridized carbons (Fsp3) is 0.444. The third-order valence-corrected chi connectivity index (χ3v) is 4.91. The first-order chi connectivity index (χ1) is 13.0. The zero-order valence-corrected chi connectivity index (χ0v) is 18.4. The molecule has 1 aliphatic carbocycles. The van der Waals surface area contributed by atoms with E-state index in [2.05, 4.69) is 20.6 Å². The van der Waals surface area contributed by atoms with Crippen molar-refractivity contribution < 1.29 is 17.9 Å². The number of hydrogen-bond donors (Lipinski definition) is 2. The summed E-state index contributed by atoms with van der Waals surface area (Å²) < 4.78 is 43.7. The molecule has 154 valence electrons. The minimum absolute atomic E-state index is 0. The molecule has 0 unspecified atom stereocenters. The summed E-state index contributed by atoms with van der Waals surface area (Å²) in [4.78, 5) is 7.69. The molecule has 0 aliphatic heterocycles. The molecular formula is C18H22F3IN4OS. The lowest BCUT2D eigenvalue weighted by Gasteiger charge is -2.14. The Morgan fingerprint density at radius 1 is 1.25 bits per heavy atom. The minimum atomic E-state index is -4.42. The zero-order valence-electron chi connectivity index (χ0n) is 15.3. The Bertz CT molecular complexity index is 793. The predicted molar refractivity (Wildman–Crippen MR) is 114 cm³/mol. The molecule has 1 aliphatic rings. The summed E-state index contributed by atoms with van der Waals surface area (Å²) in [6, 6.07) is 7.77. The van der Waals surface area contributed by atoms with E-state index in [9.17, 15) is 13.2 Å². The quantitative estimate of drug-likeness (QED) is 0.319. The van der Waals surface area contributed by atoms with Crippen LogP contribution in [-0.4, -0.2) is 24.6 Å². The number of nitrogens with one attached hydrogen (secondary N) is 2. The Hall–Kier alpha value is -1.56. The van der Waals surface area contributed by atoms with Gasteiger partial charge in [-0.25, -0.2) is 4.98 Å². The largest absolute Gasteiger partial charge is 0.493 e. The van der Waals surface area contributed by atoms with Gasteiger partial charge in [-0.3, -0.25) is 4.99 Å². The molecule has 0 saturated heterocycles. The average Bonchev–Trinajstić information content (AvgIpc) is 3.34. The van der Waals surface area contributed by atoms with Crippen LogP contribution >= 0.6 is 35.3 Å². The Balaban J connectivity index is 0.00000280. The number of nitrogens with zero attached hydrogens (tertiary/aromatic N) is 2. The van der Waals surface area contributed by atoms with E-state index in [0.717, 1.165) is 34.6 Å². The van der Waals surface area contributed by atoms with Gasteiger partial charge in [0.2, 0.25) is 0 Å². The number of halogens is 4. The van der Waals surface area contributed by atoms with E-state index >= 15 is 0 Å². The number of alkyl halides is 3. The van der Waals surface area contributed by atoms with Gasteiger partial charge in [-0.05, 0) is 24.8 Å². The lowest BCUT2D eigenvalue weighted by molar-refractivity contribution is -0.140. The molecule has 0 atom stereocenters. The van der Waals surface area contributed by atoms with Crippen molar-refractivity contribution in [3.05, 3.63) is 45.9 Å². The fourth-order valence-corrected chi connectivity index (χ4v) is 3.10. The maximum absolute atomic E-state index is 12.6. The molecule has 1 fully saturated rings. The zero-order chi connectivity index (χ0) is 19.3. The molecule has 3 rings (SSSR count). The maximum Gasteiger partial charge on any atom is 0.434 e. The Morgan fingerprint density at radius 2 is 1.96 bits per heavy atom. The summed E-state index contributed by atoms with van der Waals surface area (Å²) in [7, 11) is 1.60. The van der Waals surface area contributed by atoms with Gasteiger partial charge in [-0.15, -0.1) is 35.3 Å². The predicted octanol–water partition coefficient (Wildman–Crippen LogP) is 4.43. The highest BCUT2D eigenvalue weighted by Crippen LogP contribution is 2.31. The highest BCUT2D eigenvalue weighted by atomic mass is 127. The first-order valence-corrected chi connectivity index (χ1v) is 9.50. The number of aromatic nitrogens is 1. The highest BCUT2D eigenvalue weighted by molar-refractivity contribution is 14.0. The monoisotopic (exact) mass is 526 g/mol. The van der Waals surface area contributed by atoms with Crippen LogP contribution in [0, 0.1) is 5.92 Å². The first kappa shape index (κ1) is 22.7. The van der Waals surface area contributed by atoms with Gasteiger partial charge in [0.25, 0.3) is 0 Å². The fourth-order valence-electron chi connectivity index (χ4n) is 2.36. The van der Waals surface area contributed by atoms with E-state index in [0.29, 0.717) is 23.4 Å². The number of aliphatic imine (C=N–C) groups is 1. The minimum Gasteiger partial charge on any atom is -0.493 e. The number of rotatable bonds is 7. The van der Waals surface area contributed by atoms with Gasteiger partial charge >= 0.3 is 6.18 Å². The maximum atomic E-state index is 12.6. The van der Waals surface area contributed by atoms with Crippen LogP contribution in [0.3, 0.4) is 0 Å². The summed E-state index contributed by atoms with van der Waals surface area (Å²) >= 11 is 0.965. The van der Waals surface area contributed by atoms with Crippen molar-refractivity contribution in [1.82, 2.24) is 15.6 Å². The SMILES string of the molecule is CN=C(NCc1nc(C(F)(F)F)cs1)NCc1ccccc1OCC1CC1.I. The third kappa shape index (κ3) is 6.80. The van der Waals surface area contributed by atoms with Crippen LogP contribution in [0.5, 0.6) is 5.75 Å². The smallest absolute Gasteiger partial charge is 0.434 e. The van der Waals surface area contributed by atoms with Crippen LogP contribution in [0.4, 0.5) is 13.2 Å². The first-order valence-electron chi connectivity index (χ1n) is 8.62. The van der Waals surface area contributed by atoms with Crippen LogP contribution < -0.4 is 15.4 Å².